The van der Waals surface area contributed by atoms with E-state index in [4.69, 9.17) is 4.74 Å². The van der Waals surface area contributed by atoms with Gasteiger partial charge >= 0.3 is 0 Å². The molecule has 0 unspecified atom stereocenters. The van der Waals surface area contributed by atoms with Gasteiger partial charge in [0.25, 0.3) is 0 Å². The summed E-state index contributed by atoms with van der Waals surface area (Å²) in [5.74, 6) is 0. The summed E-state index contributed by atoms with van der Waals surface area (Å²) < 4.78 is 5.35. The first-order valence-electron chi connectivity index (χ1n) is 5.33. The second kappa shape index (κ2) is 6.17. The summed E-state index contributed by atoms with van der Waals surface area (Å²) in [6.45, 7) is 7.85. The largest absolute Gasteiger partial charge is 0.392 e. The van der Waals surface area contributed by atoms with Crippen LogP contribution in [0.15, 0.2) is 12.2 Å². The third kappa shape index (κ3) is 4.22. The van der Waals surface area contributed by atoms with Gasteiger partial charge in [0.15, 0.2) is 0 Å². The average Bonchev–Trinajstić information content (AvgIpc) is 2.51. The van der Waals surface area contributed by atoms with Crippen molar-refractivity contribution in [3.05, 3.63) is 12.2 Å². The third-order valence-corrected chi connectivity index (χ3v) is 2.48. The van der Waals surface area contributed by atoms with Crippen LogP contribution in [0.5, 0.6) is 0 Å². The molecule has 0 radical (unpaired) electrons. The minimum atomic E-state index is -0.156. The zero-order valence-electron chi connectivity index (χ0n) is 8.96. The molecule has 1 aliphatic rings. The van der Waals surface area contributed by atoms with E-state index in [1.807, 2.05) is 6.92 Å². The van der Waals surface area contributed by atoms with Gasteiger partial charge in [-0.05, 0) is 26.2 Å². The molecular weight excluding hydrogens is 178 g/mol. The van der Waals surface area contributed by atoms with E-state index in [1.54, 1.807) is 0 Å². The van der Waals surface area contributed by atoms with E-state index in [1.165, 1.54) is 0 Å². The van der Waals surface area contributed by atoms with E-state index in [2.05, 4.69) is 11.9 Å². The predicted molar refractivity (Wildman–Crippen MR) is 57.3 cm³/mol. The highest BCUT2D eigenvalue weighted by atomic mass is 16.5. The molecule has 0 heterocycles. The van der Waals surface area contributed by atoms with Gasteiger partial charge < -0.3 is 15.2 Å². The summed E-state index contributed by atoms with van der Waals surface area (Å²) in [6, 6.07) is 0.281. The Morgan fingerprint density at radius 2 is 2.36 bits per heavy atom. The fourth-order valence-electron chi connectivity index (χ4n) is 1.74. The van der Waals surface area contributed by atoms with E-state index in [0.29, 0.717) is 13.2 Å². The van der Waals surface area contributed by atoms with E-state index in [0.717, 1.165) is 31.4 Å². The molecule has 0 aliphatic heterocycles. The van der Waals surface area contributed by atoms with Crippen molar-refractivity contribution in [2.45, 2.75) is 38.3 Å². The molecule has 0 amide bonds. The van der Waals surface area contributed by atoms with Crippen LogP contribution in [0.2, 0.25) is 0 Å². The number of nitrogens with one attached hydrogen (secondary N) is 1. The third-order valence-electron chi connectivity index (χ3n) is 2.48. The Hall–Kier alpha value is -0.380. The second-order valence-corrected chi connectivity index (χ2v) is 4.07. The maximum atomic E-state index is 9.52. The van der Waals surface area contributed by atoms with Gasteiger partial charge in [0, 0.05) is 12.6 Å². The molecule has 1 fully saturated rings. The van der Waals surface area contributed by atoms with Crippen LogP contribution >= 0.6 is 0 Å². The highest BCUT2D eigenvalue weighted by Crippen LogP contribution is 2.18. The molecule has 0 aromatic heterocycles. The molecule has 0 aromatic rings. The smallest absolute Gasteiger partial charge is 0.0693 e. The number of ether oxygens (including phenoxy) is 1. The van der Waals surface area contributed by atoms with Crippen LogP contribution in [-0.2, 0) is 4.74 Å². The molecule has 14 heavy (non-hydrogen) atoms. The lowest BCUT2D eigenvalue weighted by molar-refractivity contribution is 0.128. The van der Waals surface area contributed by atoms with Crippen molar-refractivity contribution in [1.82, 2.24) is 5.32 Å². The van der Waals surface area contributed by atoms with Crippen LogP contribution in [-0.4, -0.2) is 37.0 Å². The second-order valence-electron chi connectivity index (χ2n) is 4.07. The Labute approximate surface area is 86.2 Å². The molecular formula is C11H21NO2. The molecule has 3 heteroatoms. The first-order chi connectivity index (χ1) is 6.70. The first kappa shape index (κ1) is 11.7. The Morgan fingerprint density at radius 1 is 1.57 bits per heavy atom. The number of hydrogen-bond acceptors (Lipinski definition) is 3. The van der Waals surface area contributed by atoms with Gasteiger partial charge in [-0.2, -0.15) is 0 Å². The normalized spacial score (nSPS) is 26.7. The minimum absolute atomic E-state index is 0.156. The highest BCUT2D eigenvalue weighted by molar-refractivity contribution is 4.87. The van der Waals surface area contributed by atoms with Crippen molar-refractivity contribution in [2.24, 2.45) is 0 Å². The lowest BCUT2D eigenvalue weighted by Gasteiger charge is -2.16. The van der Waals surface area contributed by atoms with Crippen LogP contribution < -0.4 is 5.32 Å². The molecule has 0 saturated heterocycles. The van der Waals surface area contributed by atoms with Gasteiger partial charge in [-0.3, -0.25) is 0 Å². The van der Waals surface area contributed by atoms with E-state index in [9.17, 15) is 5.11 Å². The van der Waals surface area contributed by atoms with E-state index in [-0.39, 0.29) is 12.1 Å². The maximum Gasteiger partial charge on any atom is 0.0693 e. The molecule has 2 N–H and O–H groups in total. The molecule has 0 aromatic carbocycles. The van der Waals surface area contributed by atoms with Crippen LogP contribution in [0, 0.1) is 0 Å². The van der Waals surface area contributed by atoms with Crippen molar-refractivity contribution in [3.63, 3.8) is 0 Å². The number of aliphatic hydroxyl groups excluding tert-OH is 1. The van der Waals surface area contributed by atoms with Gasteiger partial charge in [0.2, 0.25) is 0 Å². The van der Waals surface area contributed by atoms with Crippen molar-refractivity contribution in [2.75, 3.05) is 19.8 Å². The van der Waals surface area contributed by atoms with Crippen molar-refractivity contribution < 1.29 is 9.84 Å². The fourth-order valence-corrected chi connectivity index (χ4v) is 1.74. The highest BCUT2D eigenvalue weighted by Gasteiger charge is 2.23. The predicted octanol–water partition coefficient (Wildman–Crippen LogP) is 1.08. The minimum Gasteiger partial charge on any atom is -0.392 e. The lowest BCUT2D eigenvalue weighted by atomic mass is 10.2. The van der Waals surface area contributed by atoms with Gasteiger partial charge in [0.1, 0.15) is 0 Å². The molecule has 1 rings (SSSR count). The molecule has 82 valence electrons. The van der Waals surface area contributed by atoms with Crippen LogP contribution in [0.4, 0.5) is 0 Å². The molecule has 3 nitrogen and oxygen atoms in total. The van der Waals surface area contributed by atoms with E-state index >= 15 is 0 Å². The van der Waals surface area contributed by atoms with Gasteiger partial charge in [0.05, 0.1) is 19.3 Å². The zero-order chi connectivity index (χ0) is 10.4. The van der Waals surface area contributed by atoms with Crippen LogP contribution in [0.3, 0.4) is 0 Å². The molecule has 1 saturated carbocycles. The Bertz CT molecular complexity index is 182. The summed E-state index contributed by atoms with van der Waals surface area (Å²) in [4.78, 5) is 0. The van der Waals surface area contributed by atoms with Crippen LogP contribution in [0.1, 0.15) is 26.2 Å². The number of hydrogen-bond donors (Lipinski definition) is 2. The number of aliphatic hydroxyl groups is 1. The van der Waals surface area contributed by atoms with Crippen molar-refractivity contribution in [1.29, 1.82) is 0 Å². The average molecular weight is 199 g/mol. The SMILES string of the molecule is C=C(C)COCCN[C@@H]1CCC[C@H]1O. The monoisotopic (exact) mass is 199 g/mol. The summed E-state index contributed by atoms with van der Waals surface area (Å²) in [7, 11) is 0. The molecule has 1 aliphatic carbocycles. The number of rotatable bonds is 6. The standard InChI is InChI=1S/C11H21NO2/c1-9(2)8-14-7-6-12-10-4-3-5-11(10)13/h10-13H,1,3-8H2,2H3/t10-,11-/m1/s1. The van der Waals surface area contributed by atoms with Gasteiger partial charge in [-0.15, -0.1) is 0 Å². The van der Waals surface area contributed by atoms with Crippen molar-refractivity contribution in [3.8, 4) is 0 Å². The van der Waals surface area contributed by atoms with Gasteiger partial charge in [-0.25, -0.2) is 0 Å². The summed E-state index contributed by atoms with van der Waals surface area (Å²) in [5.41, 5.74) is 1.05. The Balaban J connectivity index is 1.95. The first-order valence-corrected chi connectivity index (χ1v) is 5.33. The topological polar surface area (TPSA) is 41.5 Å². The van der Waals surface area contributed by atoms with E-state index < -0.39 is 0 Å². The molecule has 2 atom stereocenters. The quantitative estimate of drug-likeness (QED) is 0.497. The zero-order valence-corrected chi connectivity index (χ0v) is 8.96. The van der Waals surface area contributed by atoms with Gasteiger partial charge in [-0.1, -0.05) is 12.2 Å². The lowest BCUT2D eigenvalue weighted by Crippen LogP contribution is -2.37. The summed E-state index contributed by atoms with van der Waals surface area (Å²) in [5, 5.41) is 12.8. The fraction of sp³-hybridized carbons (Fsp3) is 0.818. The summed E-state index contributed by atoms with van der Waals surface area (Å²) >= 11 is 0. The Kier molecular flexibility index (Phi) is 5.15. The summed E-state index contributed by atoms with van der Waals surface area (Å²) in [6.07, 6.45) is 2.99. The maximum absolute atomic E-state index is 9.52. The Morgan fingerprint density at radius 3 is 2.93 bits per heavy atom. The van der Waals surface area contributed by atoms with Crippen molar-refractivity contribution >= 4 is 0 Å². The van der Waals surface area contributed by atoms with Crippen LogP contribution in [0.25, 0.3) is 0 Å². The molecule has 0 bridgehead atoms. The molecule has 0 spiro atoms.